The van der Waals surface area contributed by atoms with Crippen molar-refractivity contribution in [2.75, 3.05) is 0 Å². The van der Waals surface area contributed by atoms with E-state index in [0.29, 0.717) is 0 Å². The Labute approximate surface area is 65.4 Å². The number of nitrogens with one attached hydrogen (secondary N) is 1. The molecule has 2 aromatic heterocycles. The van der Waals surface area contributed by atoms with Gasteiger partial charge in [0, 0.05) is 0 Å². The van der Waals surface area contributed by atoms with Gasteiger partial charge in [-0.1, -0.05) is 11.6 Å². The molecule has 6 heteroatoms. The maximum absolute atomic E-state index is 12.6. The predicted molar refractivity (Wildman–Crippen MR) is 36.7 cm³/mol. The highest BCUT2D eigenvalue weighted by Gasteiger charge is 2.06. The van der Waals surface area contributed by atoms with Gasteiger partial charge in [0.15, 0.2) is 11.2 Å². The average molecular weight is 173 g/mol. The highest BCUT2D eigenvalue weighted by Crippen LogP contribution is 2.11. The first-order valence-electron chi connectivity index (χ1n) is 2.79. The molecule has 0 aliphatic heterocycles. The third kappa shape index (κ3) is 0.932. The molecule has 0 spiro atoms. The summed E-state index contributed by atoms with van der Waals surface area (Å²) in [5.74, 6) is -0.663. The monoisotopic (exact) mass is 172 g/mol. The Kier molecular flexibility index (Phi) is 1.25. The second kappa shape index (κ2) is 2.13. The van der Waals surface area contributed by atoms with Gasteiger partial charge >= 0.3 is 0 Å². The van der Waals surface area contributed by atoms with Gasteiger partial charge in [0.1, 0.15) is 5.15 Å². The molecule has 0 radical (unpaired) electrons. The Morgan fingerprint density at radius 2 is 2.36 bits per heavy atom. The SMILES string of the molecule is Fc1n[nH]c2nc(Cl)cnc12. The van der Waals surface area contributed by atoms with E-state index in [-0.39, 0.29) is 16.3 Å². The summed E-state index contributed by atoms with van der Waals surface area (Å²) in [5, 5.41) is 5.82. The molecule has 0 amide bonds. The third-order valence-corrected chi connectivity index (χ3v) is 1.38. The number of fused-ring (bicyclic) bond motifs is 1. The molecule has 0 unspecified atom stereocenters. The summed E-state index contributed by atoms with van der Waals surface area (Å²) < 4.78 is 12.6. The van der Waals surface area contributed by atoms with Gasteiger partial charge in [-0.3, -0.25) is 5.10 Å². The zero-order valence-electron chi connectivity index (χ0n) is 5.17. The first-order valence-corrected chi connectivity index (χ1v) is 3.17. The van der Waals surface area contributed by atoms with E-state index in [1.54, 1.807) is 0 Å². The fraction of sp³-hybridized carbons (Fsp3) is 0. The van der Waals surface area contributed by atoms with E-state index in [2.05, 4.69) is 20.2 Å². The van der Waals surface area contributed by atoms with Crippen LogP contribution >= 0.6 is 11.6 Å². The zero-order valence-corrected chi connectivity index (χ0v) is 5.93. The van der Waals surface area contributed by atoms with Crippen LogP contribution in [0, 0.1) is 5.95 Å². The molecule has 0 aliphatic rings. The van der Waals surface area contributed by atoms with Crippen molar-refractivity contribution >= 4 is 22.8 Å². The van der Waals surface area contributed by atoms with E-state index < -0.39 is 5.95 Å². The summed E-state index contributed by atoms with van der Waals surface area (Å²) in [6.07, 6.45) is 1.27. The van der Waals surface area contributed by atoms with Crippen LogP contribution in [-0.4, -0.2) is 20.2 Å². The van der Waals surface area contributed by atoms with Gasteiger partial charge in [0.25, 0.3) is 5.95 Å². The van der Waals surface area contributed by atoms with E-state index in [1.807, 2.05) is 0 Å². The summed E-state index contributed by atoms with van der Waals surface area (Å²) in [7, 11) is 0. The number of H-pyrrole nitrogens is 1. The Hall–Kier alpha value is -1.23. The van der Waals surface area contributed by atoms with Crippen LogP contribution in [0.25, 0.3) is 11.2 Å². The Morgan fingerprint density at radius 3 is 3.18 bits per heavy atom. The molecule has 0 bridgehead atoms. The lowest BCUT2D eigenvalue weighted by Crippen LogP contribution is -1.81. The van der Waals surface area contributed by atoms with Crippen LogP contribution in [0.3, 0.4) is 0 Å². The molecule has 2 rings (SSSR count). The minimum Gasteiger partial charge on any atom is -0.256 e. The molecule has 0 saturated heterocycles. The number of aromatic amines is 1. The summed E-state index contributed by atoms with van der Waals surface area (Å²) >= 11 is 5.48. The normalized spacial score (nSPS) is 10.7. The topological polar surface area (TPSA) is 54.5 Å². The summed E-state index contributed by atoms with van der Waals surface area (Å²) in [6, 6.07) is 0. The molecule has 1 N–H and O–H groups in total. The standard InChI is InChI=1S/C5H2ClFN4/c6-2-1-8-3-4(7)10-11-5(3)9-2/h1H,(H,9,10,11). The van der Waals surface area contributed by atoms with Crippen molar-refractivity contribution in [3.05, 3.63) is 17.3 Å². The molecule has 11 heavy (non-hydrogen) atoms. The molecular formula is C5H2ClFN4. The molecule has 0 aromatic carbocycles. The lowest BCUT2D eigenvalue weighted by Gasteiger charge is -1.86. The third-order valence-electron chi connectivity index (χ3n) is 1.20. The van der Waals surface area contributed by atoms with Crippen LogP contribution < -0.4 is 0 Å². The second-order valence-corrected chi connectivity index (χ2v) is 2.29. The second-order valence-electron chi connectivity index (χ2n) is 1.90. The van der Waals surface area contributed by atoms with Gasteiger partial charge < -0.3 is 0 Å². The summed E-state index contributed by atoms with van der Waals surface area (Å²) in [5.41, 5.74) is 0.365. The molecule has 0 atom stereocenters. The van der Waals surface area contributed by atoms with Crippen LogP contribution in [0.1, 0.15) is 0 Å². The van der Waals surface area contributed by atoms with Gasteiger partial charge in [-0.15, -0.1) is 5.10 Å². The van der Waals surface area contributed by atoms with Crippen molar-refractivity contribution in [3.63, 3.8) is 0 Å². The number of nitrogens with zero attached hydrogens (tertiary/aromatic N) is 3. The van der Waals surface area contributed by atoms with Crippen LogP contribution in [0.4, 0.5) is 4.39 Å². The molecule has 2 heterocycles. The molecule has 56 valence electrons. The largest absolute Gasteiger partial charge is 0.260 e. The van der Waals surface area contributed by atoms with E-state index in [4.69, 9.17) is 11.6 Å². The molecule has 4 nitrogen and oxygen atoms in total. The van der Waals surface area contributed by atoms with E-state index in [0.717, 1.165) is 0 Å². The lowest BCUT2D eigenvalue weighted by atomic mass is 10.5. The van der Waals surface area contributed by atoms with Gasteiger partial charge in [-0.25, -0.2) is 9.97 Å². The number of hydrogen-bond donors (Lipinski definition) is 1. The molecular weight excluding hydrogens is 171 g/mol. The van der Waals surface area contributed by atoms with Crippen LogP contribution in [0.15, 0.2) is 6.20 Å². The first kappa shape index (κ1) is 6.48. The number of aromatic nitrogens is 4. The van der Waals surface area contributed by atoms with E-state index >= 15 is 0 Å². The number of halogens is 2. The van der Waals surface area contributed by atoms with E-state index in [9.17, 15) is 4.39 Å². The quantitative estimate of drug-likeness (QED) is 0.649. The maximum atomic E-state index is 12.6. The smallest absolute Gasteiger partial charge is 0.256 e. The molecule has 2 aromatic rings. The number of rotatable bonds is 0. The van der Waals surface area contributed by atoms with Crippen LogP contribution in [-0.2, 0) is 0 Å². The Morgan fingerprint density at radius 1 is 1.55 bits per heavy atom. The van der Waals surface area contributed by atoms with Crippen molar-refractivity contribution in [2.24, 2.45) is 0 Å². The predicted octanol–water partition coefficient (Wildman–Crippen LogP) is 1.15. The van der Waals surface area contributed by atoms with Gasteiger partial charge in [-0.2, -0.15) is 4.39 Å². The maximum Gasteiger partial charge on any atom is 0.260 e. The Bertz CT molecular complexity index is 398. The highest BCUT2D eigenvalue weighted by atomic mass is 35.5. The van der Waals surface area contributed by atoms with Crippen molar-refractivity contribution < 1.29 is 4.39 Å². The van der Waals surface area contributed by atoms with Crippen molar-refractivity contribution in [1.82, 2.24) is 20.2 Å². The van der Waals surface area contributed by atoms with Crippen molar-refractivity contribution in [3.8, 4) is 0 Å². The summed E-state index contributed by atoms with van der Waals surface area (Å²) in [4.78, 5) is 7.42. The van der Waals surface area contributed by atoms with Gasteiger partial charge in [-0.05, 0) is 0 Å². The highest BCUT2D eigenvalue weighted by molar-refractivity contribution is 6.29. The zero-order chi connectivity index (χ0) is 7.84. The van der Waals surface area contributed by atoms with E-state index in [1.165, 1.54) is 6.20 Å². The van der Waals surface area contributed by atoms with Crippen molar-refractivity contribution in [1.29, 1.82) is 0 Å². The van der Waals surface area contributed by atoms with Gasteiger partial charge in [0.2, 0.25) is 0 Å². The number of hydrogen-bond acceptors (Lipinski definition) is 3. The summed E-state index contributed by atoms with van der Waals surface area (Å²) in [6.45, 7) is 0. The first-order chi connectivity index (χ1) is 5.27. The minimum atomic E-state index is -0.663. The average Bonchev–Trinajstić information content (AvgIpc) is 2.32. The Balaban J connectivity index is 2.86. The fourth-order valence-corrected chi connectivity index (χ4v) is 0.885. The molecule has 0 aliphatic carbocycles. The van der Waals surface area contributed by atoms with Crippen LogP contribution in [0.5, 0.6) is 0 Å². The lowest BCUT2D eigenvalue weighted by molar-refractivity contribution is 0.586. The minimum absolute atomic E-state index is 0.106. The molecule has 0 saturated carbocycles. The fourth-order valence-electron chi connectivity index (χ4n) is 0.751. The van der Waals surface area contributed by atoms with Crippen LogP contribution in [0.2, 0.25) is 5.15 Å². The molecule has 0 fully saturated rings. The van der Waals surface area contributed by atoms with Gasteiger partial charge in [0.05, 0.1) is 6.20 Å². The van der Waals surface area contributed by atoms with Crippen molar-refractivity contribution in [2.45, 2.75) is 0 Å².